The highest BCUT2D eigenvalue weighted by Crippen LogP contribution is 2.06. The van der Waals surface area contributed by atoms with Crippen molar-refractivity contribution >= 4 is 24.2 Å². The molecule has 0 spiro atoms. The maximum absolute atomic E-state index is 2.25. The Morgan fingerprint density at radius 1 is 0.833 bits per heavy atom. The summed E-state index contributed by atoms with van der Waals surface area (Å²) in [6.07, 6.45) is 5.52. The quantitative estimate of drug-likeness (QED) is 0.572. The normalized spacial score (nSPS) is 8.00. The van der Waals surface area contributed by atoms with E-state index < -0.39 is 0 Å². The van der Waals surface area contributed by atoms with Gasteiger partial charge < -0.3 is 0 Å². The summed E-state index contributed by atoms with van der Waals surface area (Å²) < 4.78 is 0. The topological polar surface area (TPSA) is 0 Å². The molecule has 0 radical (unpaired) electrons. The number of unbranched alkanes of at least 4 members (excludes halogenated alkanes) is 2. The molecule has 0 amide bonds. The minimum absolute atomic E-state index is 0. The van der Waals surface area contributed by atoms with Crippen LogP contribution >= 0.6 is 24.2 Å². The Bertz CT molecular complexity index is 43.1. The smallest absolute Gasteiger partial charge is 0.00675 e. The molecule has 0 heterocycles. The molecule has 0 fully saturated rings. The van der Waals surface area contributed by atoms with Crippen LogP contribution in [0.25, 0.3) is 0 Å². The number of hydrogen-bond donors (Lipinski definition) is 0. The molecule has 12 heavy (non-hydrogen) atoms. The molecular weight excluding hydrogens is 188 g/mol. The third-order valence-electron chi connectivity index (χ3n) is 1.24. The Morgan fingerprint density at radius 3 is 1.83 bits per heavy atom. The molecule has 0 aliphatic heterocycles. The van der Waals surface area contributed by atoms with Gasteiger partial charge in [0, 0.05) is 0 Å². The molecule has 0 atom stereocenters. The van der Waals surface area contributed by atoms with Gasteiger partial charge >= 0.3 is 0 Å². The molecule has 0 unspecified atom stereocenters. The van der Waals surface area contributed by atoms with Crippen molar-refractivity contribution in [2.45, 2.75) is 53.4 Å². The molecule has 0 aliphatic carbocycles. The fraction of sp³-hybridized carbons (Fsp3) is 1.00. The number of hydrogen-bond acceptors (Lipinski definition) is 1. The predicted octanol–water partition coefficient (Wildman–Crippen LogP) is 4.77. The Hall–Kier alpha value is 0.640. The lowest BCUT2D eigenvalue weighted by Crippen LogP contribution is -1.81. The molecule has 0 aliphatic rings. The van der Waals surface area contributed by atoms with Gasteiger partial charge in [-0.05, 0) is 24.3 Å². The SMILES string of the molecule is CC.CCCCCSCCC.Cl. The van der Waals surface area contributed by atoms with Crippen molar-refractivity contribution in [3.8, 4) is 0 Å². The summed E-state index contributed by atoms with van der Waals surface area (Å²) >= 11 is 2.09. The third-order valence-corrected chi connectivity index (χ3v) is 2.51. The van der Waals surface area contributed by atoms with Crippen LogP contribution in [0, 0.1) is 0 Å². The zero-order valence-corrected chi connectivity index (χ0v) is 10.7. The minimum Gasteiger partial charge on any atom is -0.162 e. The Labute approximate surface area is 89.3 Å². The predicted molar refractivity (Wildman–Crippen MR) is 65.7 cm³/mol. The first-order valence-electron chi connectivity index (χ1n) is 4.99. The Kier molecular flexibility index (Phi) is 34.7. The summed E-state index contributed by atoms with van der Waals surface area (Å²) in [5, 5.41) is 0. The number of halogens is 1. The summed E-state index contributed by atoms with van der Waals surface area (Å²) in [5.41, 5.74) is 0. The summed E-state index contributed by atoms with van der Waals surface area (Å²) in [7, 11) is 0. The molecule has 0 aromatic heterocycles. The average molecular weight is 213 g/mol. The third kappa shape index (κ3) is 22.4. The number of thioether (sulfide) groups is 1. The van der Waals surface area contributed by atoms with Crippen molar-refractivity contribution < 1.29 is 0 Å². The van der Waals surface area contributed by atoms with E-state index in [-0.39, 0.29) is 12.4 Å². The molecular formula is C10H25ClS. The second kappa shape index (κ2) is 22.6. The molecule has 0 aromatic rings. The largest absolute Gasteiger partial charge is 0.162 e. The lowest BCUT2D eigenvalue weighted by atomic mass is 10.3. The van der Waals surface area contributed by atoms with Gasteiger partial charge in [0.2, 0.25) is 0 Å². The van der Waals surface area contributed by atoms with Gasteiger partial charge in [0.25, 0.3) is 0 Å². The molecule has 0 nitrogen and oxygen atoms in total. The molecule has 0 bridgehead atoms. The molecule has 0 N–H and O–H groups in total. The molecule has 0 saturated heterocycles. The lowest BCUT2D eigenvalue weighted by molar-refractivity contribution is 0.778. The summed E-state index contributed by atoms with van der Waals surface area (Å²) in [6, 6.07) is 0. The van der Waals surface area contributed by atoms with E-state index in [1.807, 2.05) is 13.8 Å². The van der Waals surface area contributed by atoms with E-state index in [9.17, 15) is 0 Å². The van der Waals surface area contributed by atoms with Crippen molar-refractivity contribution in [2.75, 3.05) is 11.5 Å². The van der Waals surface area contributed by atoms with E-state index in [2.05, 4.69) is 25.6 Å². The van der Waals surface area contributed by atoms with Crippen molar-refractivity contribution in [1.82, 2.24) is 0 Å². The average Bonchev–Trinajstić information content (AvgIpc) is 2.08. The van der Waals surface area contributed by atoms with Crippen LogP contribution in [0.1, 0.15) is 53.4 Å². The van der Waals surface area contributed by atoms with E-state index >= 15 is 0 Å². The molecule has 0 rings (SSSR count). The van der Waals surface area contributed by atoms with Crippen LogP contribution < -0.4 is 0 Å². The molecule has 0 saturated carbocycles. The van der Waals surface area contributed by atoms with Gasteiger partial charge in [-0.25, -0.2) is 0 Å². The fourth-order valence-corrected chi connectivity index (χ4v) is 1.60. The first-order chi connectivity index (χ1) is 5.41. The highest BCUT2D eigenvalue weighted by Gasteiger charge is 1.85. The monoisotopic (exact) mass is 212 g/mol. The van der Waals surface area contributed by atoms with Gasteiger partial charge in [-0.2, -0.15) is 11.8 Å². The van der Waals surface area contributed by atoms with E-state index in [1.165, 1.54) is 37.2 Å². The van der Waals surface area contributed by atoms with E-state index in [1.54, 1.807) is 0 Å². The van der Waals surface area contributed by atoms with Crippen molar-refractivity contribution in [3.05, 3.63) is 0 Å². The Balaban J connectivity index is -0.000000249. The van der Waals surface area contributed by atoms with Crippen LogP contribution in [0.4, 0.5) is 0 Å². The first-order valence-corrected chi connectivity index (χ1v) is 6.15. The standard InChI is InChI=1S/C8H18S.C2H6.ClH/c1-3-5-6-8-9-7-4-2;1-2;/h3-8H2,1-2H3;1-2H3;1H. The minimum atomic E-state index is 0. The van der Waals surface area contributed by atoms with Crippen LogP contribution in [-0.4, -0.2) is 11.5 Å². The second-order valence-corrected chi connectivity index (χ2v) is 3.54. The van der Waals surface area contributed by atoms with Crippen molar-refractivity contribution in [2.24, 2.45) is 0 Å². The first kappa shape index (κ1) is 18.4. The van der Waals surface area contributed by atoms with E-state index in [0.717, 1.165) is 0 Å². The van der Waals surface area contributed by atoms with E-state index in [4.69, 9.17) is 0 Å². The zero-order valence-electron chi connectivity index (χ0n) is 9.06. The highest BCUT2D eigenvalue weighted by molar-refractivity contribution is 7.99. The Morgan fingerprint density at radius 2 is 1.42 bits per heavy atom. The highest BCUT2D eigenvalue weighted by atomic mass is 35.5. The molecule has 78 valence electrons. The van der Waals surface area contributed by atoms with Crippen molar-refractivity contribution in [3.63, 3.8) is 0 Å². The van der Waals surface area contributed by atoms with Crippen LogP contribution in [0.3, 0.4) is 0 Å². The van der Waals surface area contributed by atoms with Gasteiger partial charge in [-0.15, -0.1) is 12.4 Å². The van der Waals surface area contributed by atoms with Gasteiger partial charge in [0.15, 0.2) is 0 Å². The van der Waals surface area contributed by atoms with E-state index in [0.29, 0.717) is 0 Å². The van der Waals surface area contributed by atoms with Crippen LogP contribution in [0.15, 0.2) is 0 Å². The summed E-state index contributed by atoms with van der Waals surface area (Å²) in [5.74, 6) is 2.73. The van der Waals surface area contributed by atoms with Crippen LogP contribution in [-0.2, 0) is 0 Å². The second-order valence-electron chi connectivity index (χ2n) is 2.32. The maximum atomic E-state index is 2.25. The summed E-state index contributed by atoms with van der Waals surface area (Å²) in [6.45, 7) is 8.50. The van der Waals surface area contributed by atoms with Crippen LogP contribution in [0.2, 0.25) is 0 Å². The van der Waals surface area contributed by atoms with Gasteiger partial charge in [-0.3, -0.25) is 0 Å². The van der Waals surface area contributed by atoms with Gasteiger partial charge in [-0.1, -0.05) is 40.5 Å². The number of rotatable bonds is 6. The molecule has 2 heteroatoms. The van der Waals surface area contributed by atoms with Gasteiger partial charge in [0.05, 0.1) is 0 Å². The molecule has 0 aromatic carbocycles. The maximum Gasteiger partial charge on any atom is -0.00675 e. The zero-order chi connectivity index (χ0) is 8.95. The lowest BCUT2D eigenvalue weighted by Gasteiger charge is -1.96. The summed E-state index contributed by atoms with van der Waals surface area (Å²) in [4.78, 5) is 0. The fourth-order valence-electron chi connectivity index (χ4n) is 0.701. The van der Waals surface area contributed by atoms with Crippen LogP contribution in [0.5, 0.6) is 0 Å². The van der Waals surface area contributed by atoms with Gasteiger partial charge in [0.1, 0.15) is 0 Å². The van der Waals surface area contributed by atoms with Crippen molar-refractivity contribution in [1.29, 1.82) is 0 Å².